The van der Waals surface area contributed by atoms with Gasteiger partial charge in [-0.1, -0.05) is 18.2 Å². The van der Waals surface area contributed by atoms with Crippen molar-refractivity contribution in [2.24, 2.45) is 0 Å². The first-order valence-electron chi connectivity index (χ1n) is 10.8. The van der Waals surface area contributed by atoms with Crippen LogP contribution in [0.4, 0.5) is 5.69 Å². The van der Waals surface area contributed by atoms with Crippen LogP contribution in [0, 0.1) is 10.8 Å². The molecule has 2 aliphatic carbocycles. The van der Waals surface area contributed by atoms with Crippen molar-refractivity contribution in [3.8, 4) is 11.3 Å². The Hall–Kier alpha value is -3.87. The summed E-state index contributed by atoms with van der Waals surface area (Å²) in [6.45, 7) is 0. The van der Waals surface area contributed by atoms with Crippen LogP contribution in [-0.2, 0) is 0 Å². The van der Waals surface area contributed by atoms with Crippen LogP contribution >= 0.6 is 0 Å². The Labute approximate surface area is 186 Å². The molecule has 0 aliphatic heterocycles. The van der Waals surface area contributed by atoms with Gasteiger partial charge in [-0.2, -0.15) is 0 Å². The lowest BCUT2D eigenvalue weighted by molar-refractivity contribution is 0.102. The summed E-state index contributed by atoms with van der Waals surface area (Å²) in [5.74, 6) is 0.548. The van der Waals surface area contributed by atoms with E-state index in [1.165, 1.54) is 19.2 Å². The molecule has 0 unspecified atom stereocenters. The summed E-state index contributed by atoms with van der Waals surface area (Å²) < 4.78 is 0. The number of amidine groups is 1. The van der Waals surface area contributed by atoms with Gasteiger partial charge in [0, 0.05) is 40.7 Å². The molecule has 0 bridgehead atoms. The van der Waals surface area contributed by atoms with Gasteiger partial charge in [0.25, 0.3) is 5.91 Å². The van der Waals surface area contributed by atoms with Crippen molar-refractivity contribution in [2.75, 3.05) is 5.32 Å². The molecule has 1 amide bonds. The first-order valence-corrected chi connectivity index (χ1v) is 10.8. The largest absolute Gasteiger partial charge is 0.321 e. The second-order valence-electron chi connectivity index (χ2n) is 8.31. The van der Waals surface area contributed by atoms with E-state index < -0.39 is 0 Å². The van der Waals surface area contributed by atoms with Crippen LogP contribution in [0.3, 0.4) is 0 Å². The van der Waals surface area contributed by atoms with Gasteiger partial charge in [-0.15, -0.1) is 0 Å². The minimum Gasteiger partial charge on any atom is -0.321 e. The number of carbonyl (C=O) groups excluding carboxylic acids is 1. The molecule has 0 radical (unpaired) electrons. The highest BCUT2D eigenvalue weighted by Gasteiger charge is 2.30. The standard InChI is InChI=1S/C25H24N6O/c26-15-31(20-10-11-20)24(27)17-3-1-4-19(13-17)29-25(32)23-6-2-5-22(30-23)18-9-12-21(28-14-18)16-7-8-16/h1-6,9,12-16,20,26-27H,7-8,10-11H2,(H,29,32). The summed E-state index contributed by atoms with van der Waals surface area (Å²) in [5.41, 5.74) is 4.26. The molecular formula is C25H24N6O. The molecule has 2 fully saturated rings. The van der Waals surface area contributed by atoms with Crippen LogP contribution < -0.4 is 5.32 Å². The van der Waals surface area contributed by atoms with Crippen molar-refractivity contribution < 1.29 is 4.79 Å². The molecule has 1 aromatic carbocycles. The lowest BCUT2D eigenvalue weighted by atomic mass is 10.1. The number of rotatable bonds is 7. The Morgan fingerprint density at radius 3 is 2.56 bits per heavy atom. The van der Waals surface area contributed by atoms with Crippen LogP contribution in [0.15, 0.2) is 60.8 Å². The van der Waals surface area contributed by atoms with E-state index in [0.717, 1.165) is 24.1 Å². The first-order chi connectivity index (χ1) is 15.6. The Morgan fingerprint density at radius 2 is 1.88 bits per heavy atom. The Balaban J connectivity index is 1.31. The highest BCUT2D eigenvalue weighted by molar-refractivity contribution is 6.06. The quantitative estimate of drug-likeness (QED) is 0.378. The Morgan fingerprint density at radius 1 is 1.06 bits per heavy atom. The number of nitrogens with zero attached hydrogens (tertiary/aromatic N) is 3. The summed E-state index contributed by atoms with van der Waals surface area (Å²) in [6.07, 6.45) is 7.43. The number of amides is 1. The van der Waals surface area contributed by atoms with E-state index in [0.29, 0.717) is 28.6 Å². The molecule has 2 aliphatic rings. The topological polar surface area (TPSA) is 106 Å². The van der Waals surface area contributed by atoms with Gasteiger partial charge in [-0.25, -0.2) is 4.98 Å². The Kier molecular flexibility index (Phi) is 5.23. The van der Waals surface area contributed by atoms with Gasteiger partial charge >= 0.3 is 0 Å². The third-order valence-corrected chi connectivity index (χ3v) is 5.79. The van der Waals surface area contributed by atoms with Gasteiger partial charge in [0.2, 0.25) is 0 Å². The number of anilines is 1. The minimum atomic E-state index is -0.316. The first kappa shape index (κ1) is 20.1. The molecule has 3 aromatic rings. The average Bonchev–Trinajstić information content (AvgIpc) is 3.74. The summed E-state index contributed by atoms with van der Waals surface area (Å²) >= 11 is 0. The van der Waals surface area contributed by atoms with Crippen LogP contribution in [-0.4, -0.2) is 39.0 Å². The second-order valence-corrected chi connectivity index (χ2v) is 8.31. The molecule has 7 heteroatoms. The summed E-state index contributed by atoms with van der Waals surface area (Å²) in [7, 11) is 0. The fraction of sp³-hybridized carbons (Fsp3) is 0.240. The zero-order valence-electron chi connectivity index (χ0n) is 17.6. The maximum atomic E-state index is 12.8. The number of carbonyl (C=O) groups is 1. The third kappa shape index (κ3) is 4.27. The average molecular weight is 425 g/mol. The van der Waals surface area contributed by atoms with Crippen LogP contribution in [0.2, 0.25) is 0 Å². The van der Waals surface area contributed by atoms with E-state index in [1.807, 2.05) is 36.5 Å². The van der Waals surface area contributed by atoms with Gasteiger partial charge in [0.1, 0.15) is 11.5 Å². The second kappa shape index (κ2) is 8.34. The van der Waals surface area contributed by atoms with E-state index in [4.69, 9.17) is 10.8 Å². The highest BCUT2D eigenvalue weighted by atomic mass is 16.1. The lowest BCUT2D eigenvalue weighted by Crippen LogP contribution is -2.31. The van der Waals surface area contributed by atoms with Crippen molar-refractivity contribution >= 4 is 23.8 Å². The molecule has 2 saturated carbocycles. The van der Waals surface area contributed by atoms with Crippen LogP contribution in [0.25, 0.3) is 11.3 Å². The molecule has 2 heterocycles. The van der Waals surface area contributed by atoms with Crippen molar-refractivity contribution in [1.82, 2.24) is 14.9 Å². The van der Waals surface area contributed by atoms with Gasteiger partial charge in [-0.05, 0) is 62.1 Å². The molecular weight excluding hydrogens is 400 g/mol. The van der Waals surface area contributed by atoms with Crippen molar-refractivity contribution in [3.63, 3.8) is 0 Å². The number of hydrogen-bond donors (Lipinski definition) is 3. The Bertz CT molecular complexity index is 1180. The molecule has 5 rings (SSSR count). The highest BCUT2D eigenvalue weighted by Crippen LogP contribution is 2.39. The monoisotopic (exact) mass is 424 g/mol. The molecule has 0 atom stereocenters. The smallest absolute Gasteiger partial charge is 0.274 e. The number of aromatic nitrogens is 2. The third-order valence-electron chi connectivity index (χ3n) is 5.79. The number of benzene rings is 1. The van der Waals surface area contributed by atoms with E-state index in [9.17, 15) is 4.79 Å². The molecule has 7 nitrogen and oxygen atoms in total. The summed E-state index contributed by atoms with van der Waals surface area (Å²) in [4.78, 5) is 23.6. The normalized spacial score (nSPS) is 15.1. The molecule has 2 aromatic heterocycles. The van der Waals surface area contributed by atoms with Crippen molar-refractivity contribution in [3.05, 3.63) is 77.7 Å². The fourth-order valence-corrected chi connectivity index (χ4v) is 3.69. The van der Waals surface area contributed by atoms with Gasteiger partial charge in [-0.3, -0.25) is 20.6 Å². The predicted octanol–water partition coefficient (Wildman–Crippen LogP) is 4.67. The minimum absolute atomic E-state index is 0.234. The maximum absolute atomic E-state index is 12.8. The summed E-state index contributed by atoms with van der Waals surface area (Å²) in [5, 5.41) is 18.9. The van der Waals surface area contributed by atoms with Crippen molar-refractivity contribution in [1.29, 1.82) is 10.8 Å². The van der Waals surface area contributed by atoms with Crippen molar-refractivity contribution in [2.45, 2.75) is 37.6 Å². The predicted molar refractivity (Wildman–Crippen MR) is 124 cm³/mol. The SMILES string of the molecule is N=CN(C(=N)c1cccc(NC(=O)c2cccc(-c3ccc(C4CC4)nc3)n2)c1)C1CC1. The fourth-order valence-electron chi connectivity index (χ4n) is 3.69. The van der Waals surface area contributed by atoms with Gasteiger partial charge in [0.05, 0.1) is 12.0 Å². The van der Waals surface area contributed by atoms with E-state index in [-0.39, 0.29) is 17.8 Å². The molecule has 0 saturated heterocycles. The number of pyridine rings is 2. The number of nitrogens with one attached hydrogen (secondary N) is 3. The van der Waals surface area contributed by atoms with Crippen LogP contribution in [0.1, 0.15) is 53.3 Å². The maximum Gasteiger partial charge on any atom is 0.274 e. The molecule has 0 spiro atoms. The van der Waals surface area contributed by atoms with Gasteiger partial charge < -0.3 is 10.2 Å². The lowest BCUT2D eigenvalue weighted by Gasteiger charge is -2.19. The van der Waals surface area contributed by atoms with E-state index >= 15 is 0 Å². The molecule has 32 heavy (non-hydrogen) atoms. The van der Waals surface area contributed by atoms with E-state index in [2.05, 4.69) is 15.3 Å². The molecule has 3 N–H and O–H groups in total. The van der Waals surface area contributed by atoms with Gasteiger partial charge in [0.15, 0.2) is 0 Å². The zero-order valence-corrected chi connectivity index (χ0v) is 17.6. The van der Waals surface area contributed by atoms with E-state index in [1.54, 1.807) is 29.2 Å². The molecule has 160 valence electrons. The van der Waals surface area contributed by atoms with Crippen LogP contribution in [0.5, 0.6) is 0 Å². The zero-order chi connectivity index (χ0) is 22.1. The number of hydrogen-bond acceptors (Lipinski definition) is 5. The summed E-state index contributed by atoms with van der Waals surface area (Å²) in [6, 6.07) is 16.8.